The number of aromatic nitrogens is 1. The minimum absolute atomic E-state index is 0.00637. The lowest BCUT2D eigenvalue weighted by Crippen LogP contribution is -2.40. The molecule has 5 heteroatoms. The number of nitrogens with zero attached hydrogens (tertiary/aromatic N) is 2. The molecule has 0 spiro atoms. The van der Waals surface area contributed by atoms with Crippen LogP contribution in [-0.4, -0.2) is 40.0 Å². The second kappa shape index (κ2) is 6.31. The van der Waals surface area contributed by atoms with E-state index in [1.165, 1.54) is 0 Å². The minimum atomic E-state index is -0.768. The zero-order valence-electron chi connectivity index (χ0n) is 10.8. The van der Waals surface area contributed by atoms with Gasteiger partial charge < -0.3 is 10.0 Å². The van der Waals surface area contributed by atoms with Crippen LogP contribution in [-0.2, 0) is 4.79 Å². The van der Waals surface area contributed by atoms with Crippen molar-refractivity contribution in [1.29, 1.82) is 0 Å². The summed E-state index contributed by atoms with van der Waals surface area (Å²) in [4.78, 5) is 28.6. The third kappa shape index (κ3) is 3.77. The van der Waals surface area contributed by atoms with Gasteiger partial charge in [0.1, 0.15) is 0 Å². The van der Waals surface area contributed by atoms with Crippen LogP contribution in [0.1, 0.15) is 36.0 Å². The maximum absolute atomic E-state index is 12.3. The van der Waals surface area contributed by atoms with Gasteiger partial charge in [-0.15, -0.1) is 0 Å². The number of rotatable bonds is 4. The summed E-state index contributed by atoms with van der Waals surface area (Å²) >= 11 is 0. The van der Waals surface area contributed by atoms with Crippen molar-refractivity contribution in [3.8, 4) is 0 Å². The fourth-order valence-electron chi connectivity index (χ4n) is 2.48. The second-order valence-electron chi connectivity index (χ2n) is 4.93. The number of carbonyl (C=O) groups is 2. The lowest BCUT2D eigenvalue weighted by atomic mass is 9.93. The number of hydrogen-bond donors (Lipinski definition) is 1. The number of piperidine rings is 1. The summed E-state index contributed by atoms with van der Waals surface area (Å²) < 4.78 is 0. The van der Waals surface area contributed by atoms with Crippen molar-refractivity contribution in [2.45, 2.75) is 25.7 Å². The van der Waals surface area contributed by atoms with Crippen molar-refractivity contribution >= 4 is 11.9 Å². The molecule has 0 radical (unpaired) electrons. The molecule has 1 unspecified atom stereocenters. The quantitative estimate of drug-likeness (QED) is 0.898. The Morgan fingerprint density at radius 2 is 2.32 bits per heavy atom. The van der Waals surface area contributed by atoms with Gasteiger partial charge in [0.2, 0.25) is 0 Å². The van der Waals surface area contributed by atoms with Gasteiger partial charge in [-0.05, 0) is 37.3 Å². The molecular formula is C14H18N2O3. The van der Waals surface area contributed by atoms with Crippen LogP contribution in [0.15, 0.2) is 24.5 Å². The van der Waals surface area contributed by atoms with E-state index in [1.807, 2.05) is 4.90 Å². The van der Waals surface area contributed by atoms with Gasteiger partial charge in [-0.2, -0.15) is 0 Å². The van der Waals surface area contributed by atoms with Crippen LogP contribution in [0.5, 0.6) is 0 Å². The van der Waals surface area contributed by atoms with E-state index in [1.54, 1.807) is 24.5 Å². The Morgan fingerprint density at radius 3 is 3.00 bits per heavy atom. The molecule has 19 heavy (non-hydrogen) atoms. The highest BCUT2D eigenvalue weighted by molar-refractivity contribution is 5.93. The Labute approximate surface area is 112 Å². The van der Waals surface area contributed by atoms with E-state index in [0.717, 1.165) is 19.4 Å². The van der Waals surface area contributed by atoms with Gasteiger partial charge in [-0.3, -0.25) is 14.6 Å². The van der Waals surface area contributed by atoms with Crippen LogP contribution in [0.4, 0.5) is 0 Å². The van der Waals surface area contributed by atoms with E-state index in [-0.39, 0.29) is 12.3 Å². The Morgan fingerprint density at radius 1 is 1.47 bits per heavy atom. The van der Waals surface area contributed by atoms with Crippen LogP contribution >= 0.6 is 0 Å². The normalized spacial score (nSPS) is 19.2. The average Bonchev–Trinajstić information content (AvgIpc) is 2.45. The zero-order chi connectivity index (χ0) is 13.7. The van der Waals surface area contributed by atoms with Crippen molar-refractivity contribution < 1.29 is 14.7 Å². The number of carboxylic acids is 1. The van der Waals surface area contributed by atoms with E-state index < -0.39 is 5.97 Å². The van der Waals surface area contributed by atoms with E-state index in [4.69, 9.17) is 5.11 Å². The lowest BCUT2D eigenvalue weighted by Gasteiger charge is -2.32. The molecule has 1 aromatic heterocycles. The summed E-state index contributed by atoms with van der Waals surface area (Å²) in [7, 11) is 0. The van der Waals surface area contributed by atoms with E-state index in [9.17, 15) is 9.59 Å². The second-order valence-corrected chi connectivity index (χ2v) is 4.93. The van der Waals surface area contributed by atoms with Crippen molar-refractivity contribution in [3.63, 3.8) is 0 Å². The molecule has 5 nitrogen and oxygen atoms in total. The largest absolute Gasteiger partial charge is 0.481 e. The van der Waals surface area contributed by atoms with Crippen LogP contribution in [0.25, 0.3) is 0 Å². The first kappa shape index (κ1) is 13.5. The highest BCUT2D eigenvalue weighted by Crippen LogP contribution is 2.22. The standard InChI is InChI=1S/C14H18N2O3/c17-13(18)6-5-11-3-2-8-16(10-11)14(19)12-4-1-7-15-9-12/h1,4,7,9,11H,2-3,5-6,8,10H2,(H,17,18). The molecule has 1 saturated heterocycles. The van der Waals surface area contributed by atoms with Crippen molar-refractivity contribution in [1.82, 2.24) is 9.88 Å². The molecule has 1 amide bonds. The van der Waals surface area contributed by atoms with Gasteiger partial charge in [0.25, 0.3) is 5.91 Å². The molecular weight excluding hydrogens is 244 g/mol. The Balaban J connectivity index is 1.93. The number of likely N-dealkylation sites (tertiary alicyclic amines) is 1. The predicted octanol–water partition coefficient (Wildman–Crippen LogP) is 1.80. The number of aliphatic carboxylic acids is 1. The smallest absolute Gasteiger partial charge is 0.303 e. The molecule has 2 heterocycles. The molecule has 1 fully saturated rings. The summed E-state index contributed by atoms with van der Waals surface area (Å²) in [5.41, 5.74) is 0.599. The number of carbonyl (C=O) groups excluding carboxylic acids is 1. The summed E-state index contributed by atoms with van der Waals surface area (Å²) in [5, 5.41) is 8.71. The van der Waals surface area contributed by atoms with Gasteiger partial charge in [0.05, 0.1) is 5.56 Å². The molecule has 1 aliphatic heterocycles. The fraction of sp³-hybridized carbons (Fsp3) is 0.500. The van der Waals surface area contributed by atoms with Crippen LogP contribution < -0.4 is 0 Å². The van der Waals surface area contributed by atoms with Gasteiger partial charge in [-0.25, -0.2) is 0 Å². The number of pyridine rings is 1. The van der Waals surface area contributed by atoms with Crippen molar-refractivity contribution in [3.05, 3.63) is 30.1 Å². The summed E-state index contributed by atoms with van der Waals surface area (Å²) in [6, 6.07) is 3.51. The zero-order valence-corrected chi connectivity index (χ0v) is 10.8. The highest BCUT2D eigenvalue weighted by atomic mass is 16.4. The average molecular weight is 262 g/mol. The highest BCUT2D eigenvalue weighted by Gasteiger charge is 2.24. The van der Waals surface area contributed by atoms with Gasteiger partial charge >= 0.3 is 5.97 Å². The molecule has 1 aromatic rings. The Hall–Kier alpha value is -1.91. The van der Waals surface area contributed by atoms with Crippen LogP contribution in [0, 0.1) is 5.92 Å². The first-order chi connectivity index (χ1) is 9.16. The molecule has 1 N–H and O–H groups in total. The van der Waals surface area contributed by atoms with Crippen molar-refractivity contribution in [2.75, 3.05) is 13.1 Å². The fourth-order valence-corrected chi connectivity index (χ4v) is 2.48. The molecule has 0 aromatic carbocycles. The van der Waals surface area contributed by atoms with E-state index in [2.05, 4.69) is 4.98 Å². The van der Waals surface area contributed by atoms with Crippen LogP contribution in [0.2, 0.25) is 0 Å². The maximum Gasteiger partial charge on any atom is 0.303 e. The van der Waals surface area contributed by atoms with E-state index >= 15 is 0 Å². The predicted molar refractivity (Wildman–Crippen MR) is 69.7 cm³/mol. The third-order valence-electron chi connectivity index (χ3n) is 3.48. The number of amides is 1. The van der Waals surface area contributed by atoms with Gasteiger partial charge in [0, 0.05) is 31.9 Å². The third-order valence-corrected chi connectivity index (χ3v) is 3.48. The molecule has 1 aliphatic rings. The van der Waals surface area contributed by atoms with Crippen LogP contribution in [0.3, 0.4) is 0 Å². The lowest BCUT2D eigenvalue weighted by molar-refractivity contribution is -0.137. The molecule has 1 atom stereocenters. The molecule has 0 bridgehead atoms. The van der Waals surface area contributed by atoms with E-state index in [0.29, 0.717) is 24.4 Å². The topological polar surface area (TPSA) is 70.5 Å². The Bertz CT molecular complexity index is 447. The monoisotopic (exact) mass is 262 g/mol. The first-order valence-electron chi connectivity index (χ1n) is 6.58. The first-order valence-corrected chi connectivity index (χ1v) is 6.58. The molecule has 2 rings (SSSR count). The summed E-state index contributed by atoms with van der Waals surface area (Å²) in [6.45, 7) is 1.40. The number of hydrogen-bond acceptors (Lipinski definition) is 3. The molecule has 0 saturated carbocycles. The number of carboxylic acid groups (broad SMARTS) is 1. The summed E-state index contributed by atoms with van der Waals surface area (Å²) in [5.74, 6) is -0.477. The Kier molecular flexibility index (Phi) is 4.49. The molecule has 0 aliphatic carbocycles. The SMILES string of the molecule is O=C(O)CCC1CCCN(C(=O)c2cccnc2)C1. The molecule has 102 valence electrons. The minimum Gasteiger partial charge on any atom is -0.481 e. The van der Waals surface area contributed by atoms with Gasteiger partial charge in [-0.1, -0.05) is 0 Å². The summed E-state index contributed by atoms with van der Waals surface area (Å²) in [6.07, 6.45) is 5.98. The van der Waals surface area contributed by atoms with Gasteiger partial charge in [0.15, 0.2) is 0 Å². The van der Waals surface area contributed by atoms with Crippen molar-refractivity contribution in [2.24, 2.45) is 5.92 Å². The maximum atomic E-state index is 12.3.